The van der Waals surface area contributed by atoms with E-state index in [1.165, 1.54) is 0 Å². The predicted octanol–water partition coefficient (Wildman–Crippen LogP) is 5.41. The number of nitrogens with zero attached hydrogens (tertiary/aromatic N) is 2. The number of fused-ring (bicyclic) bond motifs is 1. The van der Waals surface area contributed by atoms with Gasteiger partial charge in [0.05, 0.1) is 11.0 Å². The van der Waals surface area contributed by atoms with Gasteiger partial charge in [0.15, 0.2) is 0 Å². The Morgan fingerprint density at radius 3 is 2.48 bits per heavy atom. The molecule has 134 valence electrons. The molecule has 5 heteroatoms. The summed E-state index contributed by atoms with van der Waals surface area (Å²) in [5.74, 6) is 0.718. The third-order valence-corrected chi connectivity index (χ3v) is 5.00. The number of hydrogen-bond acceptors (Lipinski definition) is 2. The molecule has 1 amide bonds. The van der Waals surface area contributed by atoms with Gasteiger partial charge in [-0.1, -0.05) is 52.3 Å². The number of anilines is 1. The van der Waals surface area contributed by atoms with Gasteiger partial charge in [-0.05, 0) is 48.9 Å². The maximum absolute atomic E-state index is 12.7. The van der Waals surface area contributed by atoms with Crippen LogP contribution >= 0.6 is 15.9 Å². The summed E-state index contributed by atoms with van der Waals surface area (Å²) in [5.41, 5.74) is 4.76. The molecule has 0 spiro atoms. The van der Waals surface area contributed by atoms with Gasteiger partial charge >= 0.3 is 0 Å². The van der Waals surface area contributed by atoms with Crippen LogP contribution in [0.5, 0.6) is 0 Å². The molecule has 0 radical (unpaired) electrons. The zero-order chi connectivity index (χ0) is 18.8. The molecule has 0 aliphatic carbocycles. The van der Waals surface area contributed by atoms with Crippen molar-refractivity contribution in [1.82, 2.24) is 9.55 Å². The van der Waals surface area contributed by atoms with Gasteiger partial charge in [-0.3, -0.25) is 4.79 Å². The highest BCUT2D eigenvalue weighted by Crippen LogP contribution is 2.27. The van der Waals surface area contributed by atoms with Crippen molar-refractivity contribution < 1.29 is 4.79 Å². The highest BCUT2D eigenvalue weighted by atomic mass is 79.9. The molecule has 0 saturated carbocycles. The second-order valence-electron chi connectivity index (χ2n) is 6.38. The van der Waals surface area contributed by atoms with Gasteiger partial charge in [0.25, 0.3) is 0 Å². The van der Waals surface area contributed by atoms with E-state index < -0.39 is 0 Å². The van der Waals surface area contributed by atoms with Crippen molar-refractivity contribution in [3.8, 4) is 11.4 Å². The molecular formula is C22H18BrN3O. The Bertz CT molecular complexity index is 1120. The first-order chi connectivity index (χ1) is 13.1. The van der Waals surface area contributed by atoms with E-state index in [2.05, 4.69) is 34.2 Å². The second-order valence-corrected chi connectivity index (χ2v) is 7.30. The van der Waals surface area contributed by atoms with E-state index in [9.17, 15) is 4.79 Å². The molecule has 1 N–H and O–H groups in total. The first-order valence-corrected chi connectivity index (χ1v) is 9.48. The number of halogens is 1. The van der Waals surface area contributed by atoms with E-state index >= 15 is 0 Å². The van der Waals surface area contributed by atoms with Crippen LogP contribution in [-0.2, 0) is 11.3 Å². The lowest BCUT2D eigenvalue weighted by molar-refractivity contribution is -0.116. The van der Waals surface area contributed by atoms with Crippen LogP contribution in [0.15, 0.2) is 77.3 Å². The third kappa shape index (κ3) is 3.64. The minimum atomic E-state index is -0.0877. The van der Waals surface area contributed by atoms with E-state index in [0.29, 0.717) is 0 Å². The highest BCUT2D eigenvalue weighted by Gasteiger charge is 2.16. The fourth-order valence-corrected chi connectivity index (χ4v) is 3.41. The fourth-order valence-electron chi connectivity index (χ4n) is 3.14. The lowest BCUT2D eigenvalue weighted by Gasteiger charge is -2.11. The Morgan fingerprint density at radius 2 is 1.70 bits per heavy atom. The van der Waals surface area contributed by atoms with Crippen LogP contribution in [0, 0.1) is 6.92 Å². The predicted molar refractivity (Wildman–Crippen MR) is 113 cm³/mol. The molecule has 0 saturated heterocycles. The summed E-state index contributed by atoms with van der Waals surface area (Å²) < 4.78 is 2.95. The highest BCUT2D eigenvalue weighted by molar-refractivity contribution is 9.10. The van der Waals surface area contributed by atoms with Gasteiger partial charge in [0.1, 0.15) is 12.4 Å². The number of benzene rings is 3. The minimum absolute atomic E-state index is 0.0877. The molecule has 4 nitrogen and oxygen atoms in total. The van der Waals surface area contributed by atoms with Crippen LogP contribution < -0.4 is 5.32 Å². The molecular weight excluding hydrogens is 402 g/mol. The number of nitrogens with one attached hydrogen (secondary N) is 1. The van der Waals surface area contributed by atoms with Crippen LogP contribution in [0.25, 0.3) is 22.4 Å². The number of aryl methyl sites for hydroxylation is 1. The van der Waals surface area contributed by atoms with Crippen molar-refractivity contribution in [3.05, 3.63) is 82.8 Å². The zero-order valence-corrected chi connectivity index (χ0v) is 16.4. The van der Waals surface area contributed by atoms with Gasteiger partial charge in [-0.2, -0.15) is 0 Å². The lowest BCUT2D eigenvalue weighted by Crippen LogP contribution is -2.19. The molecule has 1 heterocycles. The average molecular weight is 420 g/mol. The van der Waals surface area contributed by atoms with Gasteiger partial charge in [0.2, 0.25) is 5.91 Å². The minimum Gasteiger partial charge on any atom is -0.325 e. The summed E-state index contributed by atoms with van der Waals surface area (Å²) in [7, 11) is 0. The normalized spacial score (nSPS) is 10.9. The largest absolute Gasteiger partial charge is 0.325 e. The first-order valence-electron chi connectivity index (χ1n) is 8.68. The monoisotopic (exact) mass is 419 g/mol. The fraction of sp³-hybridized carbons (Fsp3) is 0.0909. The molecule has 0 fully saturated rings. The molecule has 0 aliphatic heterocycles. The second kappa shape index (κ2) is 7.37. The van der Waals surface area contributed by atoms with Gasteiger partial charge < -0.3 is 9.88 Å². The molecule has 4 rings (SSSR count). The van der Waals surface area contributed by atoms with Crippen molar-refractivity contribution in [1.29, 1.82) is 0 Å². The van der Waals surface area contributed by atoms with Crippen LogP contribution in [0.2, 0.25) is 0 Å². The van der Waals surface area contributed by atoms with Crippen molar-refractivity contribution in [2.45, 2.75) is 13.5 Å². The number of amides is 1. The molecule has 0 unspecified atom stereocenters. The van der Waals surface area contributed by atoms with Crippen molar-refractivity contribution in [2.24, 2.45) is 0 Å². The zero-order valence-electron chi connectivity index (χ0n) is 14.8. The van der Waals surface area contributed by atoms with E-state index in [0.717, 1.165) is 38.1 Å². The molecule has 0 atom stereocenters. The quantitative estimate of drug-likeness (QED) is 0.480. The van der Waals surface area contributed by atoms with Crippen LogP contribution in [-0.4, -0.2) is 15.5 Å². The molecule has 1 aromatic heterocycles. The standard InChI is InChI=1S/C22H18BrN3O/c1-15-6-2-3-7-18(15)22-25-19-8-4-5-9-20(19)26(22)14-21(27)24-17-12-10-16(23)11-13-17/h2-13H,14H2,1H3,(H,24,27). The van der Waals surface area contributed by atoms with Crippen LogP contribution in [0.1, 0.15) is 5.56 Å². The Labute approximate surface area is 166 Å². The summed E-state index contributed by atoms with van der Waals surface area (Å²) in [5, 5.41) is 2.96. The number of para-hydroxylation sites is 2. The van der Waals surface area contributed by atoms with Crippen LogP contribution in [0.4, 0.5) is 5.69 Å². The van der Waals surface area contributed by atoms with E-state index in [4.69, 9.17) is 4.98 Å². The number of rotatable bonds is 4. The number of carbonyl (C=O) groups is 1. The average Bonchev–Trinajstić information content (AvgIpc) is 3.02. The van der Waals surface area contributed by atoms with E-state index in [-0.39, 0.29) is 12.5 Å². The lowest BCUT2D eigenvalue weighted by atomic mass is 10.1. The Balaban J connectivity index is 1.72. The summed E-state index contributed by atoms with van der Waals surface area (Å²) in [6, 6.07) is 23.5. The SMILES string of the molecule is Cc1ccccc1-c1nc2ccccc2n1CC(=O)Nc1ccc(Br)cc1. The molecule has 4 aromatic rings. The van der Waals surface area contributed by atoms with Gasteiger partial charge in [0, 0.05) is 15.7 Å². The smallest absolute Gasteiger partial charge is 0.244 e. The Kier molecular flexibility index (Phi) is 4.77. The van der Waals surface area contributed by atoms with Crippen molar-refractivity contribution in [3.63, 3.8) is 0 Å². The Hall–Kier alpha value is -2.92. The first kappa shape index (κ1) is 17.5. The Morgan fingerprint density at radius 1 is 1.00 bits per heavy atom. The summed E-state index contributed by atoms with van der Waals surface area (Å²) >= 11 is 3.40. The summed E-state index contributed by atoms with van der Waals surface area (Å²) in [4.78, 5) is 17.5. The van der Waals surface area contributed by atoms with Gasteiger partial charge in [-0.25, -0.2) is 4.98 Å². The molecule has 3 aromatic carbocycles. The van der Waals surface area contributed by atoms with Crippen molar-refractivity contribution >= 4 is 38.6 Å². The number of carbonyl (C=O) groups excluding carboxylic acids is 1. The topological polar surface area (TPSA) is 46.9 Å². The molecule has 0 bridgehead atoms. The number of hydrogen-bond donors (Lipinski definition) is 1. The maximum Gasteiger partial charge on any atom is 0.244 e. The number of aromatic nitrogens is 2. The molecule has 27 heavy (non-hydrogen) atoms. The van der Waals surface area contributed by atoms with Crippen LogP contribution in [0.3, 0.4) is 0 Å². The maximum atomic E-state index is 12.7. The van der Waals surface area contributed by atoms with E-state index in [1.807, 2.05) is 71.3 Å². The third-order valence-electron chi connectivity index (χ3n) is 4.47. The molecule has 0 aliphatic rings. The van der Waals surface area contributed by atoms with E-state index in [1.54, 1.807) is 0 Å². The summed E-state index contributed by atoms with van der Waals surface area (Å²) in [6.07, 6.45) is 0. The number of imidazole rings is 1. The summed E-state index contributed by atoms with van der Waals surface area (Å²) in [6.45, 7) is 2.25. The van der Waals surface area contributed by atoms with Gasteiger partial charge in [-0.15, -0.1) is 0 Å². The van der Waals surface area contributed by atoms with Crippen molar-refractivity contribution in [2.75, 3.05) is 5.32 Å².